The SMILES string of the molecule is COc1cc2nc(CCn3c(=O)n4n(c3=O)[C@@H]3C[C@H]5C(=O)N(Nc6ncc(C(F)(F)F)cc6Cl)C(=O)[C@@]5(c5ccc(Cl)cc5)[C@@H](c5ccc(CO)o5)C3=CC4)c(=O)n(C)c2cc1OC. The van der Waals surface area contributed by atoms with E-state index in [1.54, 1.807) is 37.4 Å². The third kappa shape index (κ3) is 6.44. The van der Waals surface area contributed by atoms with Gasteiger partial charge in [0.15, 0.2) is 17.3 Å². The van der Waals surface area contributed by atoms with Crippen molar-refractivity contribution in [1.29, 1.82) is 0 Å². The first-order valence-corrected chi connectivity index (χ1v) is 20.4. The lowest BCUT2D eigenvalue weighted by molar-refractivity contribution is -0.139. The maximum atomic E-state index is 15.3. The van der Waals surface area contributed by atoms with Gasteiger partial charge in [0.25, 0.3) is 17.4 Å². The molecule has 0 bridgehead atoms. The summed E-state index contributed by atoms with van der Waals surface area (Å²) < 4.78 is 62.3. The van der Waals surface area contributed by atoms with Crippen molar-refractivity contribution in [3.63, 3.8) is 0 Å². The largest absolute Gasteiger partial charge is 0.493 e. The summed E-state index contributed by atoms with van der Waals surface area (Å²) in [4.78, 5) is 80.8. The lowest BCUT2D eigenvalue weighted by Crippen LogP contribution is -2.53. The van der Waals surface area contributed by atoms with E-state index in [1.165, 1.54) is 52.4 Å². The van der Waals surface area contributed by atoms with Gasteiger partial charge in [0.1, 0.15) is 29.2 Å². The number of imide groups is 1. The summed E-state index contributed by atoms with van der Waals surface area (Å²) in [5, 5.41) is 10.5. The fraction of sp³-hybridized carbons (Fsp3) is 0.310. The quantitative estimate of drug-likeness (QED) is 0.142. The number of aryl methyl sites for hydroxylation is 2. The van der Waals surface area contributed by atoms with Crippen LogP contribution in [0.25, 0.3) is 11.0 Å². The molecule has 0 spiro atoms. The normalized spacial score (nSPS) is 20.5. The molecule has 22 heteroatoms. The molecular formula is C42H35Cl2F3N8O9. The number of hydrogen-bond acceptors (Lipinski definition) is 12. The molecule has 2 aromatic carbocycles. The van der Waals surface area contributed by atoms with Crippen LogP contribution >= 0.6 is 23.2 Å². The second-order valence-corrected chi connectivity index (χ2v) is 16.3. The molecule has 1 saturated heterocycles. The van der Waals surface area contributed by atoms with Crippen molar-refractivity contribution >= 4 is 51.9 Å². The Morgan fingerprint density at radius 3 is 2.36 bits per heavy atom. The van der Waals surface area contributed by atoms with Crippen LogP contribution in [0.2, 0.25) is 10.0 Å². The summed E-state index contributed by atoms with van der Waals surface area (Å²) in [7, 11) is 4.47. The molecule has 6 heterocycles. The van der Waals surface area contributed by atoms with Crippen LogP contribution in [0.4, 0.5) is 19.0 Å². The molecule has 17 nitrogen and oxygen atoms in total. The number of halogens is 5. The summed E-state index contributed by atoms with van der Waals surface area (Å²) in [5.74, 6) is -3.65. The Bertz CT molecular complexity index is 3140. The minimum atomic E-state index is -4.79. The van der Waals surface area contributed by atoms with Crippen molar-refractivity contribution in [1.82, 2.24) is 33.5 Å². The Hall–Kier alpha value is -6.64. The number of anilines is 1. The second kappa shape index (κ2) is 15.6. The Kier molecular flexibility index (Phi) is 10.4. The monoisotopic (exact) mass is 922 g/mol. The number of alkyl halides is 3. The molecule has 0 radical (unpaired) electrons. The lowest BCUT2D eigenvalue weighted by Gasteiger charge is -2.47. The minimum absolute atomic E-state index is 0.0646. The third-order valence-corrected chi connectivity index (χ3v) is 12.8. The number of aromatic nitrogens is 6. The number of aliphatic hydroxyl groups excluding tert-OH is 1. The molecule has 3 aliphatic rings. The predicted molar refractivity (Wildman–Crippen MR) is 222 cm³/mol. The highest BCUT2D eigenvalue weighted by atomic mass is 35.5. The lowest BCUT2D eigenvalue weighted by atomic mass is 9.54. The van der Waals surface area contributed by atoms with Crippen LogP contribution in [0.5, 0.6) is 11.5 Å². The van der Waals surface area contributed by atoms with Crippen molar-refractivity contribution in [2.75, 3.05) is 19.6 Å². The number of aliphatic hydroxyl groups is 1. The Morgan fingerprint density at radius 2 is 1.70 bits per heavy atom. The van der Waals surface area contributed by atoms with E-state index < -0.39 is 81.2 Å². The van der Waals surface area contributed by atoms with Crippen LogP contribution in [0.3, 0.4) is 0 Å². The van der Waals surface area contributed by atoms with Crippen LogP contribution in [-0.2, 0) is 54.3 Å². The van der Waals surface area contributed by atoms with Crippen molar-refractivity contribution in [3.8, 4) is 11.5 Å². The number of nitrogens with zero attached hydrogens (tertiary/aromatic N) is 7. The highest BCUT2D eigenvalue weighted by Gasteiger charge is 2.69. The number of carbonyl (C=O) groups is 2. The van der Waals surface area contributed by atoms with E-state index in [4.69, 9.17) is 37.1 Å². The van der Waals surface area contributed by atoms with E-state index in [0.29, 0.717) is 56.0 Å². The van der Waals surface area contributed by atoms with E-state index in [1.807, 2.05) is 0 Å². The van der Waals surface area contributed by atoms with Crippen molar-refractivity contribution in [3.05, 3.63) is 142 Å². The van der Waals surface area contributed by atoms with Gasteiger partial charge in [0.2, 0.25) is 0 Å². The number of nitrogens with one attached hydrogen (secondary N) is 1. The van der Waals surface area contributed by atoms with Gasteiger partial charge in [-0.15, -0.1) is 0 Å². The van der Waals surface area contributed by atoms with Crippen LogP contribution in [0.1, 0.15) is 46.7 Å². The van der Waals surface area contributed by atoms with Crippen LogP contribution in [0, 0.1) is 5.92 Å². The number of hydrogen-bond donors (Lipinski definition) is 2. The van der Waals surface area contributed by atoms with Gasteiger partial charge in [-0.2, -0.15) is 18.2 Å². The van der Waals surface area contributed by atoms with E-state index in [0.717, 1.165) is 4.57 Å². The number of methoxy groups -OCH3 is 2. The molecule has 0 unspecified atom stereocenters. The predicted octanol–water partition coefficient (Wildman–Crippen LogP) is 4.74. The number of fused-ring (bicyclic) bond motifs is 5. The standard InChI is InChI=1S/C42H35Cl2F3N8O9/c1-51-30-17-33(63-3)32(62-2)16-28(30)49-27(37(51)58)11-12-52-39(60)53-13-10-24-29(55(53)40(52)61)15-25-36(57)54(50-35-26(44)14-21(18-48-35)42(45,46)47)38(59)41(25,20-4-6-22(43)7-5-20)34(24)31-9-8-23(19-56)64-31/h4-10,14,16-18,25,29,34,56H,11-13,15,19H2,1-3H3,(H,48,50)/t25-,29+,34+,41+/m0/s1. The number of furan rings is 1. The molecule has 1 aliphatic carbocycles. The molecule has 4 atom stereocenters. The van der Waals surface area contributed by atoms with Crippen molar-refractivity contribution < 1.29 is 41.8 Å². The zero-order chi connectivity index (χ0) is 45.6. The Morgan fingerprint density at radius 1 is 0.984 bits per heavy atom. The molecule has 2 amide bonds. The molecule has 2 aliphatic heterocycles. The zero-order valence-electron chi connectivity index (χ0n) is 33.9. The molecule has 64 heavy (non-hydrogen) atoms. The highest BCUT2D eigenvalue weighted by molar-refractivity contribution is 6.33. The first kappa shape index (κ1) is 42.7. The maximum absolute atomic E-state index is 15.3. The van der Waals surface area contributed by atoms with Crippen molar-refractivity contribution in [2.24, 2.45) is 13.0 Å². The smallest absolute Gasteiger partial charge is 0.417 e. The van der Waals surface area contributed by atoms with E-state index in [-0.39, 0.29) is 43.1 Å². The topological polar surface area (TPSA) is 198 Å². The molecular weight excluding hydrogens is 888 g/mol. The van der Waals surface area contributed by atoms with Crippen LogP contribution in [0.15, 0.2) is 91.2 Å². The summed E-state index contributed by atoms with van der Waals surface area (Å²) in [6.07, 6.45) is -2.98. The van der Waals surface area contributed by atoms with Gasteiger partial charge in [-0.3, -0.25) is 19.8 Å². The summed E-state index contributed by atoms with van der Waals surface area (Å²) in [5.41, 5.74) is -0.779. The first-order valence-electron chi connectivity index (χ1n) is 19.6. The number of benzene rings is 2. The van der Waals surface area contributed by atoms with Crippen LogP contribution in [-0.4, -0.2) is 64.6 Å². The van der Waals surface area contributed by atoms with Crippen molar-refractivity contribution in [2.45, 2.75) is 56.1 Å². The number of pyridine rings is 1. The van der Waals surface area contributed by atoms with Gasteiger partial charge in [-0.1, -0.05) is 41.4 Å². The molecule has 6 aromatic rings. The van der Waals surface area contributed by atoms with Crippen LogP contribution < -0.4 is 31.8 Å². The van der Waals surface area contributed by atoms with E-state index >= 15 is 4.79 Å². The van der Waals surface area contributed by atoms with Gasteiger partial charge in [0, 0.05) is 43.4 Å². The Labute approximate surface area is 368 Å². The molecule has 9 rings (SSSR count). The van der Waals surface area contributed by atoms with Gasteiger partial charge < -0.3 is 23.6 Å². The summed E-state index contributed by atoms with van der Waals surface area (Å²) in [6.45, 7) is -0.946. The van der Waals surface area contributed by atoms with Gasteiger partial charge in [-0.25, -0.2) is 33.5 Å². The average molecular weight is 924 g/mol. The highest BCUT2D eigenvalue weighted by Crippen LogP contribution is 2.62. The molecule has 1 saturated carbocycles. The number of amides is 2. The summed E-state index contributed by atoms with van der Waals surface area (Å²) >= 11 is 12.6. The van der Waals surface area contributed by atoms with E-state index in [2.05, 4.69) is 15.4 Å². The summed E-state index contributed by atoms with van der Waals surface area (Å²) in [6, 6.07) is 12.0. The molecule has 2 fully saturated rings. The zero-order valence-corrected chi connectivity index (χ0v) is 35.4. The number of rotatable bonds is 10. The molecule has 332 valence electrons. The fourth-order valence-corrected chi connectivity index (χ4v) is 9.65. The van der Waals surface area contributed by atoms with Gasteiger partial charge in [0.05, 0.1) is 60.3 Å². The molecule has 2 N–H and O–H groups in total. The Balaban J connectivity index is 1.15. The third-order valence-electron chi connectivity index (χ3n) is 12.2. The molecule has 4 aromatic heterocycles. The number of carbonyl (C=O) groups excluding carboxylic acids is 2. The van der Waals surface area contributed by atoms with E-state index in [9.17, 15) is 37.5 Å². The number of allylic oxidation sites excluding steroid dienone is 2. The second-order valence-electron chi connectivity index (χ2n) is 15.4. The fourth-order valence-electron chi connectivity index (χ4n) is 9.32. The average Bonchev–Trinajstić information content (AvgIpc) is 3.91. The number of hydrazine groups is 1. The number of ether oxygens (including phenoxy) is 2. The van der Waals surface area contributed by atoms with Gasteiger partial charge in [-0.05, 0) is 47.9 Å². The van der Waals surface area contributed by atoms with Gasteiger partial charge >= 0.3 is 17.6 Å². The maximum Gasteiger partial charge on any atom is 0.417 e. The first-order chi connectivity index (χ1) is 30.5. The minimum Gasteiger partial charge on any atom is -0.493 e.